The Hall–Kier alpha value is -2.39. The lowest BCUT2D eigenvalue weighted by atomic mass is 10.2. The van der Waals surface area contributed by atoms with E-state index in [4.69, 9.17) is 4.52 Å². The molecular weight excluding hydrogens is 368 g/mol. The quantitative estimate of drug-likeness (QED) is 0.822. The first-order valence-corrected chi connectivity index (χ1v) is 10.3. The van der Waals surface area contributed by atoms with E-state index < -0.39 is 10.0 Å². The van der Waals surface area contributed by atoms with Gasteiger partial charge < -0.3 is 14.3 Å². The molecule has 3 rings (SSSR count). The van der Waals surface area contributed by atoms with Crippen LogP contribution >= 0.6 is 0 Å². The molecule has 0 bridgehead atoms. The molecule has 27 heavy (non-hydrogen) atoms. The summed E-state index contributed by atoms with van der Waals surface area (Å²) in [5, 5.41) is 3.65. The molecule has 0 spiro atoms. The number of aromatic nitrogens is 1. The monoisotopic (exact) mass is 392 g/mol. The van der Waals surface area contributed by atoms with Crippen LogP contribution in [0.2, 0.25) is 0 Å². The third-order valence-corrected chi connectivity index (χ3v) is 6.29. The number of rotatable bonds is 5. The summed E-state index contributed by atoms with van der Waals surface area (Å²) in [4.78, 5) is 16.3. The summed E-state index contributed by atoms with van der Waals surface area (Å²) in [6, 6.07) is 8.25. The van der Waals surface area contributed by atoms with E-state index in [0.29, 0.717) is 26.2 Å². The topological polar surface area (TPSA) is 95.8 Å². The van der Waals surface area contributed by atoms with Gasteiger partial charge in [0.25, 0.3) is 0 Å². The van der Waals surface area contributed by atoms with E-state index >= 15 is 0 Å². The fraction of sp³-hybridized carbons (Fsp3) is 0.444. The summed E-state index contributed by atoms with van der Waals surface area (Å²) in [6.45, 7) is 7.39. The Morgan fingerprint density at radius 3 is 2.48 bits per heavy atom. The number of carbonyl (C=O) groups excluding carboxylic acids is 1. The highest BCUT2D eigenvalue weighted by Crippen LogP contribution is 2.19. The fourth-order valence-corrected chi connectivity index (χ4v) is 4.54. The molecule has 1 fully saturated rings. The molecule has 2 heterocycles. The third-order valence-electron chi connectivity index (χ3n) is 4.65. The highest BCUT2D eigenvalue weighted by molar-refractivity contribution is 7.89. The lowest BCUT2D eigenvalue weighted by molar-refractivity contribution is -0.130. The van der Waals surface area contributed by atoms with Gasteiger partial charge in [-0.2, -0.15) is 0 Å². The maximum Gasteiger partial charge on any atom is 0.246 e. The van der Waals surface area contributed by atoms with E-state index in [1.165, 1.54) is 12.5 Å². The van der Waals surface area contributed by atoms with Gasteiger partial charge in [-0.1, -0.05) is 17.3 Å². The smallest absolute Gasteiger partial charge is 0.246 e. The number of hydrogen-bond donors (Lipinski definition) is 1. The Labute approximate surface area is 159 Å². The summed E-state index contributed by atoms with van der Waals surface area (Å²) in [5.74, 6) is -0.0338. The molecule has 1 aliphatic heterocycles. The lowest BCUT2D eigenvalue weighted by Gasteiger charge is -2.36. The van der Waals surface area contributed by atoms with Gasteiger partial charge in [0.2, 0.25) is 15.9 Å². The van der Waals surface area contributed by atoms with Crippen LogP contribution in [0.25, 0.3) is 0 Å². The largest absolute Gasteiger partial charge is 0.368 e. The van der Waals surface area contributed by atoms with Crippen LogP contribution in [-0.4, -0.2) is 57.1 Å². The molecule has 1 amide bonds. The molecule has 0 atom stereocenters. The molecule has 8 nitrogen and oxygen atoms in total. The Morgan fingerprint density at radius 1 is 1.19 bits per heavy atom. The average molecular weight is 392 g/mol. The van der Waals surface area contributed by atoms with Crippen molar-refractivity contribution < 1.29 is 17.7 Å². The summed E-state index contributed by atoms with van der Waals surface area (Å²) in [7, 11) is -3.83. The molecule has 9 heteroatoms. The number of benzene rings is 1. The van der Waals surface area contributed by atoms with Crippen LogP contribution < -0.4 is 9.62 Å². The van der Waals surface area contributed by atoms with Gasteiger partial charge in [0.05, 0.1) is 6.54 Å². The SMILES string of the molecule is Cc1cccc(N2CCN(C(=O)CNS(=O)(=O)c3c(C)noc3C)CC2)c1. The Bertz CT molecular complexity index is 911. The number of sulfonamides is 1. The van der Waals surface area contributed by atoms with Gasteiger partial charge in [-0.15, -0.1) is 0 Å². The minimum atomic E-state index is -3.83. The Balaban J connectivity index is 1.56. The van der Waals surface area contributed by atoms with Crippen molar-refractivity contribution in [2.45, 2.75) is 25.7 Å². The predicted molar refractivity (Wildman–Crippen MR) is 101 cm³/mol. The molecule has 1 aromatic carbocycles. The number of aryl methyl sites for hydroxylation is 3. The normalized spacial score (nSPS) is 15.2. The van der Waals surface area contributed by atoms with Crippen LogP contribution in [0.1, 0.15) is 17.0 Å². The highest BCUT2D eigenvalue weighted by Gasteiger charge is 2.27. The molecule has 0 unspecified atom stereocenters. The molecule has 146 valence electrons. The number of amides is 1. The van der Waals surface area contributed by atoms with E-state index in [9.17, 15) is 13.2 Å². The molecule has 1 aliphatic rings. The van der Waals surface area contributed by atoms with Crippen molar-refractivity contribution in [3.05, 3.63) is 41.3 Å². The van der Waals surface area contributed by atoms with Crippen LogP contribution in [0, 0.1) is 20.8 Å². The van der Waals surface area contributed by atoms with Gasteiger partial charge in [0.1, 0.15) is 10.6 Å². The second-order valence-corrected chi connectivity index (χ2v) is 8.39. The fourth-order valence-electron chi connectivity index (χ4n) is 3.24. The Kier molecular flexibility index (Phi) is 5.52. The molecule has 1 saturated heterocycles. The number of nitrogens with zero attached hydrogens (tertiary/aromatic N) is 3. The first-order valence-electron chi connectivity index (χ1n) is 8.80. The molecule has 1 aromatic heterocycles. The van der Waals surface area contributed by atoms with E-state index in [1.807, 2.05) is 19.1 Å². The van der Waals surface area contributed by atoms with Crippen LogP contribution in [-0.2, 0) is 14.8 Å². The van der Waals surface area contributed by atoms with E-state index in [1.54, 1.807) is 11.8 Å². The first-order chi connectivity index (χ1) is 12.8. The van der Waals surface area contributed by atoms with Gasteiger partial charge in [0, 0.05) is 31.9 Å². The second-order valence-electron chi connectivity index (χ2n) is 6.68. The van der Waals surface area contributed by atoms with Gasteiger partial charge in [-0.05, 0) is 38.5 Å². The van der Waals surface area contributed by atoms with E-state index in [2.05, 4.69) is 26.9 Å². The highest BCUT2D eigenvalue weighted by atomic mass is 32.2. The minimum Gasteiger partial charge on any atom is -0.368 e. The first kappa shape index (κ1) is 19.4. The van der Waals surface area contributed by atoms with Crippen molar-refractivity contribution in [2.75, 3.05) is 37.6 Å². The van der Waals surface area contributed by atoms with Crippen molar-refractivity contribution in [1.29, 1.82) is 0 Å². The van der Waals surface area contributed by atoms with Crippen LogP contribution in [0.15, 0.2) is 33.7 Å². The zero-order valence-electron chi connectivity index (χ0n) is 15.7. The standard InChI is InChI=1S/C18H24N4O4S/c1-13-5-4-6-16(11-13)21-7-9-22(10-8-21)17(23)12-19-27(24,25)18-14(2)20-26-15(18)3/h4-6,11,19H,7-10,12H2,1-3H3. The number of carbonyl (C=O) groups is 1. The average Bonchev–Trinajstić information content (AvgIpc) is 2.99. The van der Waals surface area contributed by atoms with Gasteiger partial charge in [-0.3, -0.25) is 4.79 Å². The van der Waals surface area contributed by atoms with Gasteiger partial charge in [-0.25, -0.2) is 13.1 Å². The number of piperazine rings is 1. The molecular formula is C18H24N4O4S. The van der Waals surface area contributed by atoms with Crippen LogP contribution in [0.5, 0.6) is 0 Å². The lowest BCUT2D eigenvalue weighted by Crippen LogP contribution is -2.51. The molecule has 0 saturated carbocycles. The zero-order valence-corrected chi connectivity index (χ0v) is 16.5. The summed E-state index contributed by atoms with van der Waals surface area (Å²) >= 11 is 0. The molecule has 2 aromatic rings. The van der Waals surface area contributed by atoms with Gasteiger partial charge >= 0.3 is 0 Å². The molecule has 1 N–H and O–H groups in total. The summed E-state index contributed by atoms with van der Waals surface area (Å²) < 4.78 is 32.1. The van der Waals surface area contributed by atoms with Crippen LogP contribution in [0.4, 0.5) is 5.69 Å². The minimum absolute atomic E-state index is 0.000401. The number of anilines is 1. The number of nitrogens with one attached hydrogen (secondary N) is 1. The molecule has 0 radical (unpaired) electrons. The van der Waals surface area contributed by atoms with Gasteiger partial charge in [0.15, 0.2) is 5.76 Å². The van der Waals surface area contributed by atoms with E-state index in [0.717, 1.165) is 5.69 Å². The summed E-state index contributed by atoms with van der Waals surface area (Å²) in [5.41, 5.74) is 2.61. The maximum absolute atomic E-state index is 12.4. The zero-order chi connectivity index (χ0) is 19.6. The van der Waals surface area contributed by atoms with E-state index in [-0.39, 0.29) is 28.8 Å². The van der Waals surface area contributed by atoms with Crippen molar-refractivity contribution in [1.82, 2.24) is 14.8 Å². The van der Waals surface area contributed by atoms with Crippen molar-refractivity contribution >= 4 is 21.6 Å². The second kappa shape index (κ2) is 7.69. The third kappa shape index (κ3) is 4.30. The maximum atomic E-state index is 12.4. The van der Waals surface area contributed by atoms with Crippen LogP contribution in [0.3, 0.4) is 0 Å². The summed E-state index contributed by atoms with van der Waals surface area (Å²) in [6.07, 6.45) is 0. The number of hydrogen-bond acceptors (Lipinski definition) is 6. The van der Waals surface area contributed by atoms with Crippen molar-refractivity contribution in [3.63, 3.8) is 0 Å². The molecule has 0 aliphatic carbocycles. The predicted octanol–water partition coefficient (Wildman–Crippen LogP) is 1.23. The van der Waals surface area contributed by atoms with Crippen molar-refractivity contribution in [2.24, 2.45) is 0 Å². The Morgan fingerprint density at radius 2 is 1.89 bits per heavy atom. The van der Waals surface area contributed by atoms with Crippen molar-refractivity contribution in [3.8, 4) is 0 Å².